The summed E-state index contributed by atoms with van der Waals surface area (Å²) in [6.07, 6.45) is -13.7. The average Bonchev–Trinajstić information content (AvgIpc) is 3.37. The van der Waals surface area contributed by atoms with Crippen LogP contribution in [0.5, 0.6) is 0 Å². The minimum Gasteiger partial charge on any atom is -0.475 e. The van der Waals surface area contributed by atoms with Gasteiger partial charge < -0.3 is 25.8 Å². The number of fused-ring (bicyclic) bond motifs is 1. The van der Waals surface area contributed by atoms with E-state index in [-0.39, 0.29) is 11.8 Å². The zero-order valence-electron chi connectivity index (χ0n) is 26.0. The third-order valence-electron chi connectivity index (χ3n) is 6.97. The Morgan fingerprint density at radius 3 is 2.08 bits per heavy atom. The van der Waals surface area contributed by atoms with Crippen LogP contribution in [0.3, 0.4) is 0 Å². The van der Waals surface area contributed by atoms with Gasteiger partial charge in [-0.1, -0.05) is 6.07 Å². The fraction of sp³-hybridized carbons (Fsp3) is 0.345. The van der Waals surface area contributed by atoms with Gasteiger partial charge in [0.1, 0.15) is 11.5 Å². The number of nitrogens with one attached hydrogen (secondary N) is 3. The highest BCUT2D eigenvalue weighted by Gasteiger charge is 2.38. The molecule has 1 saturated heterocycles. The Bertz CT molecular complexity index is 1840. The number of amides is 2. The van der Waals surface area contributed by atoms with Crippen LogP contribution in [0.1, 0.15) is 11.1 Å². The molecule has 2 aromatic carbocycles. The number of carbonyl (C=O) groups is 2. The number of aromatic nitrogens is 4. The van der Waals surface area contributed by atoms with Crippen LogP contribution in [0.25, 0.3) is 22.3 Å². The Morgan fingerprint density at radius 1 is 0.922 bits per heavy atom. The SMILES string of the molecule is Cn1nc(-c2ccc(NC(=O)Nc3cc(C(F)(F)F)cc(C(F)(F)F)c3)c(F)c2)c2cnc(NCCN3CCOCC3)nc21.O=C(O)C(F)(F)F. The van der Waals surface area contributed by atoms with E-state index in [9.17, 15) is 44.3 Å². The first kappa shape index (κ1) is 38.6. The van der Waals surface area contributed by atoms with Gasteiger partial charge in [-0.25, -0.2) is 23.6 Å². The van der Waals surface area contributed by atoms with E-state index in [1.165, 1.54) is 16.8 Å². The Hall–Kier alpha value is -5.25. The highest BCUT2D eigenvalue weighted by Crippen LogP contribution is 2.38. The highest BCUT2D eigenvalue weighted by atomic mass is 19.4. The van der Waals surface area contributed by atoms with Gasteiger partial charge in [-0.2, -0.15) is 49.6 Å². The molecule has 2 amide bonds. The smallest absolute Gasteiger partial charge is 0.475 e. The van der Waals surface area contributed by atoms with Gasteiger partial charge in [-0.15, -0.1) is 0 Å². The van der Waals surface area contributed by atoms with Crippen LogP contribution >= 0.6 is 0 Å². The van der Waals surface area contributed by atoms with Gasteiger partial charge in [0.15, 0.2) is 5.65 Å². The molecule has 1 aliphatic heterocycles. The number of aliphatic carboxylic acids is 1. The zero-order valence-corrected chi connectivity index (χ0v) is 26.0. The van der Waals surface area contributed by atoms with Crippen molar-refractivity contribution in [2.24, 2.45) is 7.05 Å². The van der Waals surface area contributed by atoms with Crippen molar-refractivity contribution >= 4 is 40.4 Å². The number of carboxylic acids is 1. The Morgan fingerprint density at radius 2 is 1.53 bits per heavy atom. The lowest BCUT2D eigenvalue weighted by atomic mass is 10.1. The van der Waals surface area contributed by atoms with Crippen molar-refractivity contribution in [2.75, 3.05) is 55.3 Å². The van der Waals surface area contributed by atoms with Crippen LogP contribution in [0.15, 0.2) is 42.6 Å². The monoisotopic (exact) mass is 740 g/mol. The number of nitrogens with zero attached hydrogens (tertiary/aromatic N) is 5. The minimum absolute atomic E-state index is 0.0716. The first-order valence-electron chi connectivity index (χ1n) is 14.4. The van der Waals surface area contributed by atoms with Crippen LogP contribution in [-0.4, -0.2) is 87.3 Å². The molecule has 0 unspecified atom stereocenters. The van der Waals surface area contributed by atoms with Crippen LogP contribution in [0.2, 0.25) is 0 Å². The molecule has 4 aromatic rings. The summed E-state index contributed by atoms with van der Waals surface area (Å²) in [6, 6.07) is 3.03. The number of hydrogen-bond donors (Lipinski definition) is 4. The number of hydrogen-bond acceptors (Lipinski definition) is 8. The van der Waals surface area contributed by atoms with Crippen molar-refractivity contribution in [3.05, 3.63) is 59.5 Å². The van der Waals surface area contributed by atoms with Crippen molar-refractivity contribution in [1.82, 2.24) is 24.6 Å². The number of urea groups is 1. The van der Waals surface area contributed by atoms with Crippen molar-refractivity contribution in [3.63, 3.8) is 0 Å². The van der Waals surface area contributed by atoms with Gasteiger partial charge in [0.25, 0.3) is 0 Å². The van der Waals surface area contributed by atoms with Gasteiger partial charge in [0, 0.05) is 50.7 Å². The summed E-state index contributed by atoms with van der Waals surface area (Å²) < 4.78 is 132. The molecule has 4 N–H and O–H groups in total. The average molecular weight is 741 g/mol. The predicted molar refractivity (Wildman–Crippen MR) is 160 cm³/mol. The molecule has 0 aliphatic carbocycles. The maximum atomic E-state index is 15.0. The lowest BCUT2D eigenvalue weighted by Gasteiger charge is -2.26. The molecular weight excluding hydrogens is 714 g/mol. The third kappa shape index (κ3) is 10.4. The Balaban J connectivity index is 0.000000755. The number of rotatable bonds is 7. The fourth-order valence-corrected chi connectivity index (χ4v) is 4.56. The number of ether oxygens (including phenoxy) is 1. The molecule has 1 aliphatic rings. The molecular formula is C29H26F10N8O4. The number of morpholine rings is 1. The molecule has 5 rings (SSSR count). The number of carbonyl (C=O) groups excluding carboxylic acids is 1. The van der Waals surface area contributed by atoms with E-state index in [2.05, 4.69) is 30.6 Å². The molecule has 3 heterocycles. The van der Waals surface area contributed by atoms with Gasteiger partial charge in [0.2, 0.25) is 5.95 Å². The quantitative estimate of drug-likeness (QED) is 0.162. The van der Waals surface area contributed by atoms with E-state index in [0.29, 0.717) is 60.1 Å². The molecule has 0 bridgehead atoms. The topological polar surface area (TPSA) is 147 Å². The molecule has 0 saturated carbocycles. The lowest BCUT2D eigenvalue weighted by molar-refractivity contribution is -0.192. The van der Waals surface area contributed by atoms with Gasteiger partial charge in [0.05, 0.1) is 35.4 Å². The first-order valence-corrected chi connectivity index (χ1v) is 14.4. The van der Waals surface area contributed by atoms with Crippen molar-refractivity contribution in [1.29, 1.82) is 0 Å². The van der Waals surface area contributed by atoms with E-state index in [1.54, 1.807) is 13.2 Å². The maximum absolute atomic E-state index is 15.0. The molecule has 2 aromatic heterocycles. The first-order chi connectivity index (χ1) is 23.7. The van der Waals surface area contributed by atoms with E-state index in [1.807, 2.05) is 5.32 Å². The van der Waals surface area contributed by atoms with Crippen LogP contribution in [0, 0.1) is 5.82 Å². The summed E-state index contributed by atoms with van der Waals surface area (Å²) in [5.74, 6) is -3.30. The molecule has 22 heteroatoms. The van der Waals surface area contributed by atoms with Gasteiger partial charge in [-0.3, -0.25) is 4.90 Å². The summed E-state index contributed by atoms with van der Waals surface area (Å²) in [7, 11) is 1.66. The van der Waals surface area contributed by atoms with Crippen LogP contribution < -0.4 is 16.0 Å². The normalized spacial score (nSPS) is 14.1. The maximum Gasteiger partial charge on any atom is 0.490 e. The number of halogens is 10. The second kappa shape index (κ2) is 15.3. The number of alkyl halides is 9. The largest absolute Gasteiger partial charge is 0.490 e. The molecule has 51 heavy (non-hydrogen) atoms. The number of carboxylic acid groups (broad SMARTS) is 1. The summed E-state index contributed by atoms with van der Waals surface area (Å²) in [5.41, 5.74) is -3.25. The minimum atomic E-state index is -5.10. The molecule has 276 valence electrons. The molecule has 0 spiro atoms. The Kier molecular flexibility index (Phi) is 11.6. The van der Waals surface area contributed by atoms with Crippen LogP contribution in [0.4, 0.5) is 66.0 Å². The van der Waals surface area contributed by atoms with E-state index in [0.717, 1.165) is 25.7 Å². The lowest BCUT2D eigenvalue weighted by Crippen LogP contribution is -2.39. The Labute approximate surface area is 280 Å². The highest BCUT2D eigenvalue weighted by molar-refractivity contribution is 6.00. The predicted octanol–water partition coefficient (Wildman–Crippen LogP) is 6.23. The number of anilines is 3. The van der Waals surface area contributed by atoms with Crippen molar-refractivity contribution < 1.29 is 63.3 Å². The summed E-state index contributed by atoms with van der Waals surface area (Å²) >= 11 is 0. The molecule has 12 nitrogen and oxygen atoms in total. The number of benzene rings is 2. The molecule has 1 fully saturated rings. The standard InChI is InChI=1S/C27H25F7N8O2.C2HF3O2/c1-41-23-19(14-36-24(39-23)35-4-5-42-6-8-44-9-7-42)22(40-41)15-2-3-21(20(28)10-15)38-25(43)37-18-12-16(26(29,30)31)11-17(13-18)27(32,33)34;3-2(4,5)1(6)7/h2-3,10-14H,4-9H2,1H3,(H,35,36,39)(H2,37,38,43);(H,6,7). The third-order valence-corrected chi connectivity index (χ3v) is 6.97. The summed E-state index contributed by atoms with van der Waals surface area (Å²) in [6.45, 7) is 4.48. The van der Waals surface area contributed by atoms with Crippen molar-refractivity contribution in [2.45, 2.75) is 18.5 Å². The molecule has 0 atom stereocenters. The van der Waals surface area contributed by atoms with Crippen molar-refractivity contribution in [3.8, 4) is 11.3 Å². The second-order valence-electron chi connectivity index (χ2n) is 10.7. The second-order valence-corrected chi connectivity index (χ2v) is 10.7. The summed E-state index contributed by atoms with van der Waals surface area (Å²) in [5, 5.41) is 19.2. The zero-order chi connectivity index (χ0) is 37.7. The summed E-state index contributed by atoms with van der Waals surface area (Å²) in [4.78, 5) is 32.4. The fourth-order valence-electron chi connectivity index (χ4n) is 4.56. The van der Waals surface area contributed by atoms with E-state index < -0.39 is 53.2 Å². The molecule has 0 radical (unpaired) electrons. The van der Waals surface area contributed by atoms with Crippen LogP contribution in [-0.2, 0) is 28.9 Å². The van der Waals surface area contributed by atoms with E-state index >= 15 is 4.39 Å². The number of aryl methyl sites for hydroxylation is 1. The van der Waals surface area contributed by atoms with Gasteiger partial charge >= 0.3 is 30.5 Å². The van der Waals surface area contributed by atoms with E-state index in [4.69, 9.17) is 14.6 Å². The van der Waals surface area contributed by atoms with Gasteiger partial charge in [-0.05, 0) is 30.3 Å².